The van der Waals surface area contributed by atoms with Crippen LogP contribution in [-0.2, 0) is 21.7 Å². The summed E-state index contributed by atoms with van der Waals surface area (Å²) in [5, 5.41) is 10.5. The van der Waals surface area contributed by atoms with E-state index in [0.29, 0.717) is 0 Å². The van der Waals surface area contributed by atoms with Gasteiger partial charge in [-0.2, -0.15) is 70.6 Å². The van der Waals surface area contributed by atoms with Gasteiger partial charge in [-0.3, -0.25) is 0 Å². The van der Waals surface area contributed by atoms with Crippen molar-refractivity contribution >= 4 is 0 Å². The number of hydrogen-bond acceptors (Lipinski definition) is 0. The maximum absolute atomic E-state index is 3.50. The third kappa shape index (κ3) is 17.9. The van der Waals surface area contributed by atoms with Crippen LogP contribution < -0.4 is 0 Å². The van der Waals surface area contributed by atoms with Gasteiger partial charge in [0.15, 0.2) is 0 Å². The number of nitrogens with zero attached hydrogens (tertiary/aromatic N) is 3. The van der Waals surface area contributed by atoms with E-state index in [1.807, 2.05) is 0 Å². The molecule has 0 unspecified atom stereocenters. The third-order valence-corrected chi connectivity index (χ3v) is 2.18. The largest absolute Gasteiger partial charge is 4.00 e. The van der Waals surface area contributed by atoms with Gasteiger partial charge >= 0.3 is 21.7 Å². The van der Waals surface area contributed by atoms with Crippen molar-refractivity contribution in [2.24, 2.45) is 0 Å². The zero-order chi connectivity index (χ0) is 15.1. The molecule has 0 aliphatic rings. The van der Waals surface area contributed by atoms with Gasteiger partial charge in [0.2, 0.25) is 0 Å². The summed E-state index contributed by atoms with van der Waals surface area (Å²) < 4.78 is 0. The zero-order valence-corrected chi connectivity index (χ0v) is 16.0. The predicted molar refractivity (Wildman–Crippen MR) is 86.6 cm³/mol. The Kier molecular flexibility index (Phi) is 29.1. The van der Waals surface area contributed by atoms with E-state index in [0.717, 1.165) is 0 Å². The van der Waals surface area contributed by atoms with Crippen molar-refractivity contribution in [3.05, 3.63) is 44.3 Å². The summed E-state index contributed by atoms with van der Waals surface area (Å²) in [6.07, 6.45) is 0. The summed E-state index contributed by atoms with van der Waals surface area (Å²) in [6, 6.07) is 2.24. The van der Waals surface area contributed by atoms with E-state index < -0.39 is 0 Å². The van der Waals surface area contributed by atoms with Crippen LogP contribution >= 0.6 is 0 Å². The van der Waals surface area contributed by atoms with Crippen LogP contribution in [0.3, 0.4) is 0 Å². The molecule has 1 aromatic rings. The van der Waals surface area contributed by atoms with Crippen molar-refractivity contribution in [3.63, 3.8) is 0 Å². The van der Waals surface area contributed by atoms with Crippen LogP contribution in [-0.4, -0.2) is 42.3 Å². The number of hydrogen-bond donors (Lipinski definition) is 0. The first kappa shape index (κ1) is 27.3. The van der Waals surface area contributed by atoms with Gasteiger partial charge in [0.05, 0.1) is 0 Å². The molecule has 0 heterocycles. The van der Waals surface area contributed by atoms with Gasteiger partial charge in [-0.15, -0.1) is 0 Å². The molecule has 1 rings (SSSR count). The smallest absolute Gasteiger partial charge is 0.668 e. The Bertz CT molecular complexity index is 243. The molecule has 1 aromatic carbocycles. The molecule has 19 heavy (non-hydrogen) atoms. The number of rotatable bonds is 0. The van der Waals surface area contributed by atoms with E-state index in [4.69, 9.17) is 0 Å². The molecule has 0 amide bonds. The molecule has 110 valence electrons. The molecule has 3 nitrogen and oxygen atoms in total. The second-order valence-corrected chi connectivity index (χ2v) is 4.10. The minimum atomic E-state index is 0. The van der Waals surface area contributed by atoms with Gasteiger partial charge in [0.1, 0.15) is 0 Å². The molecule has 0 saturated heterocycles. The first-order chi connectivity index (χ1) is 8.37. The minimum Gasteiger partial charge on any atom is -0.668 e. The Morgan fingerprint density at radius 3 is 1.11 bits per heavy atom. The fourth-order valence-electron chi connectivity index (χ4n) is 1.13. The van der Waals surface area contributed by atoms with Gasteiger partial charge in [-0.25, -0.2) is 0 Å². The van der Waals surface area contributed by atoms with Gasteiger partial charge in [-0.05, 0) is 0 Å². The summed E-state index contributed by atoms with van der Waals surface area (Å²) in [7, 11) is 10.5. The van der Waals surface area contributed by atoms with E-state index in [1.165, 1.54) is 22.3 Å². The molecule has 4 heteroatoms. The molecule has 0 aliphatic carbocycles. The molecule has 0 N–H and O–H groups in total. The molecular formula is C15H31N3Ti. The summed E-state index contributed by atoms with van der Waals surface area (Å²) in [6.45, 7) is 8.68. The fourth-order valence-corrected chi connectivity index (χ4v) is 1.13. The van der Waals surface area contributed by atoms with Crippen molar-refractivity contribution in [1.29, 1.82) is 0 Å². The van der Waals surface area contributed by atoms with E-state index in [2.05, 4.69) is 49.7 Å². The Balaban J connectivity index is -0.0000000956. The topological polar surface area (TPSA) is 42.3 Å². The first-order valence-electron chi connectivity index (χ1n) is 6.01. The molecule has 0 fully saturated rings. The second kappa shape index (κ2) is 20.3. The first-order valence-corrected chi connectivity index (χ1v) is 6.01. The maximum Gasteiger partial charge on any atom is 4.00 e. The minimum absolute atomic E-state index is 0. The summed E-state index contributed by atoms with van der Waals surface area (Å²) in [4.78, 5) is 0. The molecule has 0 radical (unpaired) electrons. The average molecular weight is 301 g/mol. The zero-order valence-electron chi connectivity index (χ0n) is 14.4. The molecule has 0 aliphatic heterocycles. The van der Waals surface area contributed by atoms with Crippen molar-refractivity contribution in [2.75, 3.05) is 42.3 Å². The van der Waals surface area contributed by atoms with Crippen LogP contribution in [0.5, 0.6) is 0 Å². The van der Waals surface area contributed by atoms with E-state index in [1.54, 1.807) is 42.3 Å². The van der Waals surface area contributed by atoms with Crippen LogP contribution in [0, 0.1) is 27.7 Å². The standard InChI is InChI=1S/C9H13.3C2H6N.Ti/c1-6-5-7(2)9(4)8(6)3;3*1-3-2;/h5H,1-4H3;3*1-2H3;/q4*-1;+4. The van der Waals surface area contributed by atoms with Crippen LogP contribution in [0.25, 0.3) is 16.0 Å². The monoisotopic (exact) mass is 301 g/mol. The van der Waals surface area contributed by atoms with E-state index in [9.17, 15) is 0 Å². The molecule has 0 aromatic heterocycles. The van der Waals surface area contributed by atoms with Crippen molar-refractivity contribution in [1.82, 2.24) is 0 Å². The van der Waals surface area contributed by atoms with Gasteiger partial charge in [0.25, 0.3) is 0 Å². The molecular weight excluding hydrogens is 270 g/mol. The van der Waals surface area contributed by atoms with Crippen LogP contribution in [0.4, 0.5) is 0 Å². The third-order valence-electron chi connectivity index (χ3n) is 2.18. The van der Waals surface area contributed by atoms with Gasteiger partial charge in [-0.1, -0.05) is 27.7 Å². The maximum atomic E-state index is 3.50. The summed E-state index contributed by atoms with van der Waals surface area (Å²) >= 11 is 0. The Labute approximate surface area is 136 Å². The van der Waals surface area contributed by atoms with Crippen molar-refractivity contribution in [3.8, 4) is 0 Å². The Hall–Kier alpha value is -0.0557. The van der Waals surface area contributed by atoms with Gasteiger partial charge in [0, 0.05) is 0 Å². The van der Waals surface area contributed by atoms with Gasteiger partial charge < -0.3 is 16.0 Å². The van der Waals surface area contributed by atoms with E-state index in [-0.39, 0.29) is 21.7 Å². The Morgan fingerprint density at radius 1 is 0.789 bits per heavy atom. The molecule has 0 atom stereocenters. The van der Waals surface area contributed by atoms with E-state index >= 15 is 0 Å². The fraction of sp³-hybridized carbons (Fsp3) is 0.667. The van der Waals surface area contributed by atoms with Crippen LogP contribution in [0.15, 0.2) is 6.07 Å². The second-order valence-electron chi connectivity index (χ2n) is 4.10. The summed E-state index contributed by atoms with van der Waals surface area (Å²) in [5.74, 6) is 0. The van der Waals surface area contributed by atoms with Crippen LogP contribution in [0.2, 0.25) is 0 Å². The van der Waals surface area contributed by atoms with Crippen molar-refractivity contribution in [2.45, 2.75) is 27.7 Å². The van der Waals surface area contributed by atoms with Crippen LogP contribution in [0.1, 0.15) is 22.3 Å². The SMILES string of the molecule is C[N-]C.C[N-]C.C[N-]C.Cc1c[c-](C)c(C)c1C.[Ti+4]. The Morgan fingerprint density at radius 2 is 1.05 bits per heavy atom. The summed E-state index contributed by atoms with van der Waals surface area (Å²) in [5.41, 5.74) is 5.75. The molecule has 0 saturated carbocycles. The number of aryl methyl sites for hydroxylation is 2. The normalized spacial score (nSPS) is 7.68. The molecule has 0 spiro atoms. The average Bonchev–Trinajstić information content (AvgIpc) is 2.49. The quantitative estimate of drug-likeness (QED) is 0.500. The molecule has 0 bridgehead atoms. The predicted octanol–water partition coefficient (Wildman–Crippen LogP) is 4.50. The van der Waals surface area contributed by atoms with Crippen molar-refractivity contribution < 1.29 is 21.7 Å².